The van der Waals surface area contributed by atoms with Crippen molar-refractivity contribution in [3.8, 4) is 6.07 Å². The van der Waals surface area contributed by atoms with E-state index in [9.17, 15) is 4.79 Å². The summed E-state index contributed by atoms with van der Waals surface area (Å²) in [6, 6.07) is 7.43. The Hall–Kier alpha value is -0.990. The minimum absolute atomic E-state index is 0.221. The van der Waals surface area contributed by atoms with E-state index in [4.69, 9.17) is 10.00 Å². The molecule has 0 amide bonds. The van der Waals surface area contributed by atoms with E-state index >= 15 is 0 Å². The van der Waals surface area contributed by atoms with Gasteiger partial charge in [0.2, 0.25) is 0 Å². The van der Waals surface area contributed by atoms with E-state index in [1.807, 2.05) is 6.07 Å². The quantitative estimate of drug-likeness (QED) is 0.633. The summed E-state index contributed by atoms with van der Waals surface area (Å²) in [7, 11) is 0. The van der Waals surface area contributed by atoms with Crippen LogP contribution in [0.15, 0.2) is 27.6 Å². The molecular formula is C11H10BrNO2S. The summed E-state index contributed by atoms with van der Waals surface area (Å²) in [4.78, 5) is 11.9. The first-order chi connectivity index (χ1) is 7.67. The molecule has 0 aromatic heterocycles. The number of halogens is 1. The van der Waals surface area contributed by atoms with Crippen LogP contribution in [0.1, 0.15) is 12.5 Å². The predicted molar refractivity (Wildman–Crippen MR) is 66.2 cm³/mol. The SMILES string of the molecule is CCOC(=O)CSc1cc(Br)ccc1C#N. The zero-order chi connectivity index (χ0) is 12.0. The molecular weight excluding hydrogens is 290 g/mol. The molecule has 0 atom stereocenters. The van der Waals surface area contributed by atoms with Crippen LogP contribution < -0.4 is 0 Å². The smallest absolute Gasteiger partial charge is 0.316 e. The van der Waals surface area contributed by atoms with Crippen molar-refractivity contribution >= 4 is 33.7 Å². The Bertz CT molecular complexity index is 428. The number of benzene rings is 1. The Morgan fingerprint density at radius 3 is 3.00 bits per heavy atom. The normalized spacial score (nSPS) is 9.56. The lowest BCUT2D eigenvalue weighted by Gasteiger charge is -2.04. The zero-order valence-corrected chi connectivity index (χ0v) is 11.1. The van der Waals surface area contributed by atoms with Gasteiger partial charge in [-0.25, -0.2) is 0 Å². The minimum atomic E-state index is -0.267. The molecule has 0 saturated heterocycles. The van der Waals surface area contributed by atoms with Gasteiger partial charge < -0.3 is 4.74 Å². The number of nitrogens with zero attached hydrogens (tertiary/aromatic N) is 1. The van der Waals surface area contributed by atoms with Gasteiger partial charge in [0.05, 0.1) is 17.9 Å². The lowest BCUT2D eigenvalue weighted by molar-refractivity contribution is -0.139. The van der Waals surface area contributed by atoms with Gasteiger partial charge in [0.25, 0.3) is 0 Å². The maximum absolute atomic E-state index is 11.2. The first-order valence-corrected chi connectivity index (χ1v) is 6.43. The van der Waals surface area contributed by atoms with Crippen molar-refractivity contribution in [3.63, 3.8) is 0 Å². The topological polar surface area (TPSA) is 50.1 Å². The van der Waals surface area contributed by atoms with Gasteiger partial charge in [-0.15, -0.1) is 11.8 Å². The standard InChI is InChI=1S/C11H10BrNO2S/c1-2-15-11(14)7-16-10-5-9(12)4-3-8(10)6-13/h3-5H,2,7H2,1H3. The third-order valence-corrected chi connectivity index (χ3v) is 3.24. The number of nitriles is 1. The Kier molecular flexibility index (Phi) is 5.36. The van der Waals surface area contributed by atoms with Gasteiger partial charge >= 0.3 is 5.97 Å². The number of rotatable bonds is 4. The molecule has 0 radical (unpaired) electrons. The maximum Gasteiger partial charge on any atom is 0.316 e. The van der Waals surface area contributed by atoms with E-state index in [-0.39, 0.29) is 11.7 Å². The van der Waals surface area contributed by atoms with E-state index in [1.54, 1.807) is 19.1 Å². The lowest BCUT2D eigenvalue weighted by atomic mass is 10.2. The highest BCUT2D eigenvalue weighted by Crippen LogP contribution is 2.26. The Morgan fingerprint density at radius 1 is 1.62 bits per heavy atom. The monoisotopic (exact) mass is 299 g/mol. The van der Waals surface area contributed by atoms with Gasteiger partial charge in [-0.2, -0.15) is 5.26 Å². The highest BCUT2D eigenvalue weighted by atomic mass is 79.9. The van der Waals surface area contributed by atoms with E-state index in [0.29, 0.717) is 12.2 Å². The van der Waals surface area contributed by atoms with Crippen molar-refractivity contribution < 1.29 is 9.53 Å². The molecule has 0 bridgehead atoms. The van der Waals surface area contributed by atoms with Gasteiger partial charge in [-0.1, -0.05) is 15.9 Å². The highest BCUT2D eigenvalue weighted by molar-refractivity contribution is 9.10. The third-order valence-electron chi connectivity index (χ3n) is 1.71. The summed E-state index contributed by atoms with van der Waals surface area (Å²) in [5, 5.41) is 8.88. The average Bonchev–Trinajstić information content (AvgIpc) is 2.27. The molecule has 0 aliphatic carbocycles. The number of ether oxygens (including phenoxy) is 1. The first-order valence-electron chi connectivity index (χ1n) is 4.65. The van der Waals surface area contributed by atoms with Crippen molar-refractivity contribution in [1.82, 2.24) is 0 Å². The third kappa shape index (κ3) is 3.87. The molecule has 0 fully saturated rings. The van der Waals surface area contributed by atoms with Crippen molar-refractivity contribution in [2.75, 3.05) is 12.4 Å². The number of carbonyl (C=O) groups is 1. The summed E-state index contributed by atoms with van der Waals surface area (Å²) in [5.41, 5.74) is 0.567. The van der Waals surface area contributed by atoms with Crippen LogP contribution in [0, 0.1) is 11.3 Å². The van der Waals surface area contributed by atoms with Gasteiger partial charge in [0, 0.05) is 9.37 Å². The lowest BCUT2D eigenvalue weighted by Crippen LogP contribution is -2.06. The fourth-order valence-corrected chi connectivity index (χ4v) is 2.40. The van der Waals surface area contributed by atoms with Gasteiger partial charge in [-0.3, -0.25) is 4.79 Å². The summed E-state index contributed by atoms with van der Waals surface area (Å²) in [6.07, 6.45) is 0. The van der Waals surface area contributed by atoms with E-state index in [2.05, 4.69) is 22.0 Å². The Morgan fingerprint density at radius 2 is 2.38 bits per heavy atom. The Balaban J connectivity index is 2.70. The second-order valence-electron chi connectivity index (χ2n) is 2.85. The highest BCUT2D eigenvalue weighted by Gasteiger charge is 2.07. The number of hydrogen-bond acceptors (Lipinski definition) is 4. The molecule has 0 aliphatic heterocycles. The van der Waals surface area contributed by atoms with Crippen molar-refractivity contribution in [3.05, 3.63) is 28.2 Å². The van der Waals surface area contributed by atoms with Crippen LogP contribution >= 0.6 is 27.7 Å². The van der Waals surface area contributed by atoms with E-state index < -0.39 is 0 Å². The molecule has 16 heavy (non-hydrogen) atoms. The number of esters is 1. The van der Waals surface area contributed by atoms with Crippen LogP contribution in [0.2, 0.25) is 0 Å². The van der Waals surface area contributed by atoms with E-state index in [0.717, 1.165) is 9.37 Å². The molecule has 0 heterocycles. The van der Waals surface area contributed by atoms with Crippen molar-refractivity contribution in [2.45, 2.75) is 11.8 Å². The van der Waals surface area contributed by atoms with Crippen LogP contribution in [0.5, 0.6) is 0 Å². The molecule has 3 nitrogen and oxygen atoms in total. The molecule has 0 saturated carbocycles. The Labute approximate surface area is 107 Å². The second kappa shape index (κ2) is 6.56. The van der Waals surface area contributed by atoms with Crippen LogP contribution in [-0.2, 0) is 9.53 Å². The number of hydrogen-bond donors (Lipinski definition) is 0. The molecule has 5 heteroatoms. The first kappa shape index (κ1) is 13.1. The summed E-state index contributed by atoms with van der Waals surface area (Å²) < 4.78 is 5.70. The fraction of sp³-hybridized carbons (Fsp3) is 0.273. The van der Waals surface area contributed by atoms with Crippen molar-refractivity contribution in [1.29, 1.82) is 5.26 Å². The van der Waals surface area contributed by atoms with Crippen LogP contribution in [0.3, 0.4) is 0 Å². The minimum Gasteiger partial charge on any atom is -0.465 e. The summed E-state index contributed by atoms with van der Waals surface area (Å²) in [5.74, 6) is -0.0461. The van der Waals surface area contributed by atoms with E-state index in [1.165, 1.54) is 11.8 Å². The van der Waals surface area contributed by atoms with Gasteiger partial charge in [0.15, 0.2) is 0 Å². The van der Waals surface area contributed by atoms with Gasteiger partial charge in [0.1, 0.15) is 6.07 Å². The molecule has 1 rings (SSSR count). The van der Waals surface area contributed by atoms with Crippen LogP contribution in [0.4, 0.5) is 0 Å². The fourth-order valence-electron chi connectivity index (χ4n) is 1.05. The van der Waals surface area contributed by atoms with Crippen LogP contribution in [0.25, 0.3) is 0 Å². The maximum atomic E-state index is 11.2. The molecule has 0 unspecified atom stereocenters. The largest absolute Gasteiger partial charge is 0.465 e. The van der Waals surface area contributed by atoms with Gasteiger partial charge in [-0.05, 0) is 25.1 Å². The molecule has 0 spiro atoms. The molecule has 1 aromatic carbocycles. The average molecular weight is 300 g/mol. The predicted octanol–water partition coefficient (Wildman–Crippen LogP) is 2.98. The summed E-state index contributed by atoms with van der Waals surface area (Å²) >= 11 is 4.63. The molecule has 1 aromatic rings. The van der Waals surface area contributed by atoms with Crippen molar-refractivity contribution in [2.24, 2.45) is 0 Å². The zero-order valence-electron chi connectivity index (χ0n) is 8.70. The summed E-state index contributed by atoms with van der Waals surface area (Å²) in [6.45, 7) is 2.14. The number of carbonyl (C=O) groups excluding carboxylic acids is 1. The second-order valence-corrected chi connectivity index (χ2v) is 4.78. The number of thioether (sulfide) groups is 1. The molecule has 0 N–H and O–H groups in total. The molecule has 0 aliphatic rings. The molecule has 84 valence electrons. The van der Waals surface area contributed by atoms with Crippen LogP contribution in [-0.4, -0.2) is 18.3 Å².